The number of alkyl halides is 2. The van der Waals surface area contributed by atoms with Crippen LogP contribution in [0.1, 0.15) is 6.42 Å². The summed E-state index contributed by atoms with van der Waals surface area (Å²) < 4.78 is 24.4. The largest absolute Gasteiger partial charge is 0.390 e. The SMILES string of the molecule is N#CCC(=O)NCC(F)(F)CO. The minimum atomic E-state index is -3.31. The van der Waals surface area contributed by atoms with Gasteiger partial charge in [0, 0.05) is 0 Å². The van der Waals surface area contributed by atoms with Crippen LogP contribution in [0.2, 0.25) is 0 Å². The molecule has 0 aromatic carbocycles. The smallest absolute Gasteiger partial charge is 0.287 e. The lowest BCUT2D eigenvalue weighted by atomic mass is 10.3. The van der Waals surface area contributed by atoms with Gasteiger partial charge >= 0.3 is 0 Å². The Balaban J connectivity index is 3.69. The zero-order valence-corrected chi connectivity index (χ0v) is 6.18. The van der Waals surface area contributed by atoms with E-state index in [4.69, 9.17) is 10.4 Å². The van der Waals surface area contributed by atoms with Gasteiger partial charge in [0.25, 0.3) is 5.92 Å². The van der Waals surface area contributed by atoms with Crippen molar-refractivity contribution in [3.8, 4) is 6.07 Å². The van der Waals surface area contributed by atoms with E-state index < -0.39 is 31.4 Å². The van der Waals surface area contributed by atoms with Crippen molar-refractivity contribution in [2.75, 3.05) is 13.2 Å². The Kier molecular flexibility index (Phi) is 4.15. The Morgan fingerprint density at radius 2 is 2.25 bits per heavy atom. The van der Waals surface area contributed by atoms with Gasteiger partial charge in [-0.3, -0.25) is 4.79 Å². The summed E-state index contributed by atoms with van der Waals surface area (Å²) in [5.74, 6) is -4.09. The summed E-state index contributed by atoms with van der Waals surface area (Å²) in [7, 11) is 0. The lowest BCUT2D eigenvalue weighted by Crippen LogP contribution is -2.38. The zero-order valence-electron chi connectivity index (χ0n) is 6.18. The third kappa shape index (κ3) is 4.57. The summed E-state index contributed by atoms with van der Waals surface area (Å²) >= 11 is 0. The molecule has 6 heteroatoms. The van der Waals surface area contributed by atoms with Gasteiger partial charge in [-0.15, -0.1) is 0 Å². The van der Waals surface area contributed by atoms with Gasteiger partial charge in [-0.25, -0.2) is 8.78 Å². The molecule has 0 rings (SSSR count). The standard InChI is InChI=1S/C6H8F2N2O2/c7-6(8,4-11)3-10-5(12)1-2-9/h11H,1,3-4H2,(H,10,12). The minimum Gasteiger partial charge on any atom is -0.390 e. The number of carbonyl (C=O) groups excluding carboxylic acids is 1. The van der Waals surface area contributed by atoms with E-state index in [0.29, 0.717) is 0 Å². The van der Waals surface area contributed by atoms with Crippen LogP contribution in [-0.4, -0.2) is 30.1 Å². The molecule has 0 aliphatic carbocycles. The van der Waals surface area contributed by atoms with Crippen LogP contribution in [-0.2, 0) is 4.79 Å². The predicted molar refractivity (Wildman–Crippen MR) is 35.3 cm³/mol. The van der Waals surface area contributed by atoms with Gasteiger partial charge in [0.15, 0.2) is 0 Å². The molecule has 12 heavy (non-hydrogen) atoms. The molecule has 0 atom stereocenters. The highest BCUT2D eigenvalue weighted by Gasteiger charge is 2.27. The van der Waals surface area contributed by atoms with E-state index in [1.165, 1.54) is 6.07 Å². The van der Waals surface area contributed by atoms with Gasteiger partial charge < -0.3 is 10.4 Å². The number of nitrogens with zero attached hydrogens (tertiary/aromatic N) is 1. The van der Waals surface area contributed by atoms with Crippen LogP contribution in [0.15, 0.2) is 0 Å². The topological polar surface area (TPSA) is 73.1 Å². The monoisotopic (exact) mass is 178 g/mol. The van der Waals surface area contributed by atoms with E-state index in [2.05, 4.69) is 0 Å². The van der Waals surface area contributed by atoms with Gasteiger partial charge in [0.2, 0.25) is 5.91 Å². The predicted octanol–water partition coefficient (Wildman–Crippen LogP) is -0.356. The molecule has 2 N–H and O–H groups in total. The summed E-state index contributed by atoms with van der Waals surface area (Å²) in [5, 5.41) is 17.8. The molecular weight excluding hydrogens is 170 g/mol. The summed E-state index contributed by atoms with van der Waals surface area (Å²) in [6.07, 6.45) is -0.457. The van der Waals surface area contributed by atoms with Gasteiger partial charge in [-0.2, -0.15) is 5.26 Å². The van der Waals surface area contributed by atoms with Crippen LogP contribution < -0.4 is 5.32 Å². The maximum Gasteiger partial charge on any atom is 0.287 e. The van der Waals surface area contributed by atoms with E-state index in [-0.39, 0.29) is 0 Å². The molecule has 0 aromatic heterocycles. The maximum atomic E-state index is 12.2. The van der Waals surface area contributed by atoms with Crippen LogP contribution in [0.25, 0.3) is 0 Å². The molecular formula is C6H8F2N2O2. The molecule has 0 bridgehead atoms. The summed E-state index contributed by atoms with van der Waals surface area (Å²) in [6.45, 7) is -2.26. The van der Waals surface area contributed by atoms with Crippen molar-refractivity contribution in [3.05, 3.63) is 0 Å². The summed E-state index contributed by atoms with van der Waals surface area (Å²) in [5.41, 5.74) is 0. The Bertz CT molecular complexity index is 200. The quantitative estimate of drug-likeness (QED) is 0.617. The van der Waals surface area contributed by atoms with Crippen molar-refractivity contribution in [2.24, 2.45) is 0 Å². The molecule has 0 heterocycles. The number of halogens is 2. The second-order valence-corrected chi connectivity index (χ2v) is 2.13. The van der Waals surface area contributed by atoms with E-state index in [1.54, 1.807) is 5.32 Å². The third-order valence-corrected chi connectivity index (χ3v) is 1.02. The second kappa shape index (κ2) is 4.62. The Morgan fingerprint density at radius 1 is 1.67 bits per heavy atom. The fourth-order valence-electron chi connectivity index (χ4n) is 0.418. The van der Waals surface area contributed by atoms with E-state index >= 15 is 0 Å². The van der Waals surface area contributed by atoms with Crippen molar-refractivity contribution in [3.63, 3.8) is 0 Å². The average molecular weight is 178 g/mol. The first-order valence-corrected chi connectivity index (χ1v) is 3.14. The van der Waals surface area contributed by atoms with Crippen molar-refractivity contribution >= 4 is 5.91 Å². The Morgan fingerprint density at radius 3 is 2.67 bits per heavy atom. The van der Waals surface area contributed by atoms with Gasteiger partial charge in [-0.05, 0) is 0 Å². The molecule has 68 valence electrons. The van der Waals surface area contributed by atoms with Crippen molar-refractivity contribution in [2.45, 2.75) is 12.3 Å². The van der Waals surface area contributed by atoms with Gasteiger partial charge in [0.1, 0.15) is 13.0 Å². The highest BCUT2D eigenvalue weighted by Crippen LogP contribution is 2.09. The molecule has 0 saturated heterocycles. The summed E-state index contributed by atoms with van der Waals surface area (Å²) in [6, 6.07) is 1.50. The number of nitriles is 1. The van der Waals surface area contributed by atoms with Crippen LogP contribution in [0.5, 0.6) is 0 Å². The first-order chi connectivity index (χ1) is 5.52. The van der Waals surface area contributed by atoms with Crippen molar-refractivity contribution < 1.29 is 18.7 Å². The van der Waals surface area contributed by atoms with Gasteiger partial charge in [-0.1, -0.05) is 0 Å². The van der Waals surface area contributed by atoms with E-state index in [9.17, 15) is 13.6 Å². The first kappa shape index (κ1) is 10.8. The number of amides is 1. The molecule has 0 fully saturated rings. The molecule has 4 nitrogen and oxygen atoms in total. The van der Waals surface area contributed by atoms with E-state index in [1.807, 2.05) is 0 Å². The maximum absolute atomic E-state index is 12.2. The number of carbonyl (C=O) groups is 1. The molecule has 0 aliphatic heterocycles. The Labute approximate surface area is 67.8 Å². The van der Waals surface area contributed by atoms with Crippen LogP contribution in [0.4, 0.5) is 8.78 Å². The van der Waals surface area contributed by atoms with Crippen LogP contribution in [0, 0.1) is 11.3 Å². The summed E-state index contributed by atoms with van der Waals surface area (Å²) in [4.78, 5) is 10.5. The second-order valence-electron chi connectivity index (χ2n) is 2.13. The zero-order chi connectivity index (χ0) is 9.61. The third-order valence-electron chi connectivity index (χ3n) is 1.02. The average Bonchev–Trinajstić information content (AvgIpc) is 2.02. The number of hydrogen-bond acceptors (Lipinski definition) is 3. The number of hydrogen-bond donors (Lipinski definition) is 2. The molecule has 0 saturated carbocycles. The fraction of sp³-hybridized carbons (Fsp3) is 0.667. The number of aliphatic hydroxyl groups is 1. The Hall–Kier alpha value is -1.22. The number of aliphatic hydroxyl groups excluding tert-OH is 1. The van der Waals surface area contributed by atoms with Crippen molar-refractivity contribution in [1.29, 1.82) is 5.26 Å². The van der Waals surface area contributed by atoms with E-state index in [0.717, 1.165) is 0 Å². The molecule has 0 aliphatic rings. The van der Waals surface area contributed by atoms with Crippen molar-refractivity contribution in [1.82, 2.24) is 5.32 Å². The molecule has 1 amide bonds. The van der Waals surface area contributed by atoms with Gasteiger partial charge in [0.05, 0.1) is 12.6 Å². The first-order valence-electron chi connectivity index (χ1n) is 3.14. The number of rotatable bonds is 4. The number of nitrogens with one attached hydrogen (secondary N) is 1. The highest BCUT2D eigenvalue weighted by molar-refractivity contribution is 5.77. The van der Waals surface area contributed by atoms with Crippen LogP contribution in [0.3, 0.4) is 0 Å². The molecule has 0 unspecified atom stereocenters. The normalized spacial score (nSPS) is 10.5. The highest BCUT2D eigenvalue weighted by atomic mass is 19.3. The fourth-order valence-corrected chi connectivity index (χ4v) is 0.418. The minimum absolute atomic E-state index is 0.457. The van der Waals surface area contributed by atoms with Crippen LogP contribution >= 0.6 is 0 Å². The molecule has 0 aromatic rings. The molecule has 0 radical (unpaired) electrons. The molecule has 0 spiro atoms. The lowest BCUT2D eigenvalue weighted by molar-refractivity contribution is -0.123. The lowest BCUT2D eigenvalue weighted by Gasteiger charge is -2.12.